The Hall–Kier alpha value is -0.780. The predicted molar refractivity (Wildman–Crippen MR) is 65.2 cm³/mol. The topological polar surface area (TPSA) is 43.8 Å². The Labute approximate surface area is 97.3 Å². The Kier molecular flexibility index (Phi) is 3.45. The molecular weight excluding hydrogens is 226 g/mol. The molecule has 3 nitrogen and oxygen atoms in total. The minimum Gasteiger partial charge on any atom is -0.329 e. The largest absolute Gasteiger partial charge is 0.329 e. The summed E-state index contributed by atoms with van der Waals surface area (Å²) in [6.45, 7) is 0.633. The lowest BCUT2D eigenvalue weighted by Gasteiger charge is -2.10. The van der Waals surface area contributed by atoms with Crippen molar-refractivity contribution < 1.29 is 0 Å². The quantitative estimate of drug-likeness (QED) is 0.832. The van der Waals surface area contributed by atoms with Gasteiger partial charge in [0.15, 0.2) is 0 Å². The van der Waals surface area contributed by atoms with E-state index in [2.05, 4.69) is 22.6 Å². The SMILES string of the molecule is Cn1cc(C(CN)Sc2cccs2)cn1. The van der Waals surface area contributed by atoms with Crippen LogP contribution in [0.2, 0.25) is 0 Å². The van der Waals surface area contributed by atoms with Gasteiger partial charge in [0.25, 0.3) is 0 Å². The van der Waals surface area contributed by atoms with Gasteiger partial charge in [0.2, 0.25) is 0 Å². The standard InChI is InChI=1S/C10H13N3S2/c1-13-7-8(6-12-13)9(5-11)15-10-3-2-4-14-10/h2-4,6-7,9H,5,11H2,1H3. The molecule has 5 heteroatoms. The molecular formula is C10H13N3S2. The fraction of sp³-hybridized carbons (Fsp3) is 0.300. The molecule has 0 aliphatic heterocycles. The van der Waals surface area contributed by atoms with Crippen LogP contribution in [0.1, 0.15) is 10.8 Å². The van der Waals surface area contributed by atoms with Crippen LogP contribution in [0.3, 0.4) is 0 Å². The number of aryl methyl sites for hydroxylation is 1. The third-order valence-corrected chi connectivity index (χ3v) is 4.42. The summed E-state index contributed by atoms with van der Waals surface area (Å²) in [6, 6.07) is 4.18. The zero-order chi connectivity index (χ0) is 10.7. The van der Waals surface area contributed by atoms with Gasteiger partial charge in [0.1, 0.15) is 0 Å². The fourth-order valence-electron chi connectivity index (χ4n) is 1.33. The van der Waals surface area contributed by atoms with Gasteiger partial charge in [0, 0.05) is 25.4 Å². The van der Waals surface area contributed by atoms with Crippen molar-refractivity contribution in [1.29, 1.82) is 0 Å². The molecule has 0 saturated carbocycles. The van der Waals surface area contributed by atoms with Crippen LogP contribution >= 0.6 is 23.1 Å². The van der Waals surface area contributed by atoms with Gasteiger partial charge in [-0.3, -0.25) is 4.68 Å². The molecule has 15 heavy (non-hydrogen) atoms. The summed E-state index contributed by atoms with van der Waals surface area (Å²) < 4.78 is 3.11. The first-order chi connectivity index (χ1) is 7.29. The smallest absolute Gasteiger partial charge is 0.0604 e. The molecule has 2 aromatic rings. The molecule has 0 saturated heterocycles. The van der Waals surface area contributed by atoms with E-state index in [4.69, 9.17) is 5.73 Å². The monoisotopic (exact) mass is 239 g/mol. The lowest BCUT2D eigenvalue weighted by molar-refractivity contribution is 0.766. The molecule has 0 spiro atoms. The molecule has 0 amide bonds. The van der Waals surface area contributed by atoms with Gasteiger partial charge in [-0.2, -0.15) is 5.10 Å². The lowest BCUT2D eigenvalue weighted by Crippen LogP contribution is -2.08. The van der Waals surface area contributed by atoms with Crippen molar-refractivity contribution >= 4 is 23.1 Å². The molecule has 80 valence electrons. The van der Waals surface area contributed by atoms with E-state index < -0.39 is 0 Å². The number of aromatic nitrogens is 2. The number of thiophene rings is 1. The van der Waals surface area contributed by atoms with Crippen molar-refractivity contribution in [2.24, 2.45) is 12.8 Å². The van der Waals surface area contributed by atoms with E-state index >= 15 is 0 Å². The number of nitrogens with zero attached hydrogens (tertiary/aromatic N) is 2. The highest BCUT2D eigenvalue weighted by atomic mass is 32.2. The normalized spacial score (nSPS) is 12.9. The van der Waals surface area contributed by atoms with E-state index in [0.717, 1.165) is 0 Å². The van der Waals surface area contributed by atoms with E-state index in [0.29, 0.717) is 11.8 Å². The molecule has 0 radical (unpaired) electrons. The van der Waals surface area contributed by atoms with Gasteiger partial charge in [-0.15, -0.1) is 23.1 Å². The van der Waals surface area contributed by atoms with Crippen LogP contribution in [0.25, 0.3) is 0 Å². The summed E-state index contributed by atoms with van der Waals surface area (Å²) in [6.07, 6.45) is 3.91. The summed E-state index contributed by atoms with van der Waals surface area (Å²) in [4.78, 5) is 0. The van der Waals surface area contributed by atoms with Gasteiger partial charge in [-0.1, -0.05) is 6.07 Å². The van der Waals surface area contributed by atoms with Crippen LogP contribution in [0.5, 0.6) is 0 Å². The van der Waals surface area contributed by atoms with Crippen LogP contribution in [0.15, 0.2) is 34.1 Å². The van der Waals surface area contributed by atoms with Gasteiger partial charge >= 0.3 is 0 Å². The van der Waals surface area contributed by atoms with Gasteiger partial charge in [-0.05, 0) is 11.4 Å². The van der Waals surface area contributed by atoms with Crippen LogP contribution in [-0.2, 0) is 7.05 Å². The maximum absolute atomic E-state index is 5.78. The first kappa shape index (κ1) is 10.7. The molecule has 2 rings (SSSR count). The summed E-state index contributed by atoms with van der Waals surface area (Å²) in [5, 5.41) is 6.55. The molecule has 0 fully saturated rings. The van der Waals surface area contributed by atoms with Crippen molar-refractivity contribution in [3.8, 4) is 0 Å². The van der Waals surface area contributed by atoms with Crippen LogP contribution in [0, 0.1) is 0 Å². The van der Waals surface area contributed by atoms with Crippen molar-refractivity contribution in [3.63, 3.8) is 0 Å². The lowest BCUT2D eigenvalue weighted by atomic mass is 10.2. The molecule has 1 atom stereocenters. The zero-order valence-electron chi connectivity index (χ0n) is 8.46. The van der Waals surface area contributed by atoms with Crippen LogP contribution < -0.4 is 5.73 Å². The van der Waals surface area contributed by atoms with Crippen LogP contribution in [-0.4, -0.2) is 16.3 Å². The molecule has 0 bridgehead atoms. The predicted octanol–water partition coefficient (Wildman–Crippen LogP) is 2.27. The van der Waals surface area contributed by atoms with Crippen molar-refractivity contribution in [2.45, 2.75) is 9.46 Å². The number of hydrogen-bond donors (Lipinski definition) is 1. The van der Waals surface area contributed by atoms with Gasteiger partial charge in [0.05, 0.1) is 15.7 Å². The van der Waals surface area contributed by atoms with Crippen molar-refractivity contribution in [2.75, 3.05) is 6.54 Å². The highest BCUT2D eigenvalue weighted by Crippen LogP contribution is 2.36. The van der Waals surface area contributed by atoms with Gasteiger partial charge in [-0.25, -0.2) is 0 Å². The molecule has 2 heterocycles. The Morgan fingerprint density at radius 1 is 1.67 bits per heavy atom. The molecule has 2 N–H and O–H groups in total. The third kappa shape index (κ3) is 2.62. The molecule has 1 unspecified atom stereocenters. The number of rotatable bonds is 4. The molecule has 0 aliphatic rings. The minimum absolute atomic E-state index is 0.303. The average Bonchev–Trinajstić information content (AvgIpc) is 2.85. The Morgan fingerprint density at radius 2 is 2.53 bits per heavy atom. The fourth-order valence-corrected chi connectivity index (χ4v) is 3.31. The first-order valence-corrected chi connectivity index (χ1v) is 6.44. The van der Waals surface area contributed by atoms with Crippen LogP contribution in [0.4, 0.5) is 0 Å². The number of nitrogens with two attached hydrogens (primary N) is 1. The average molecular weight is 239 g/mol. The highest BCUT2D eigenvalue weighted by molar-refractivity contribution is 8.01. The summed E-state index contributed by atoms with van der Waals surface area (Å²) in [7, 11) is 1.92. The Balaban J connectivity index is 2.11. The maximum Gasteiger partial charge on any atom is 0.0604 e. The summed E-state index contributed by atoms with van der Waals surface area (Å²) in [5.41, 5.74) is 6.97. The first-order valence-electron chi connectivity index (χ1n) is 4.68. The Bertz CT molecular complexity index is 408. The van der Waals surface area contributed by atoms with E-state index in [1.807, 2.05) is 24.1 Å². The molecule has 2 aromatic heterocycles. The summed E-state index contributed by atoms with van der Waals surface area (Å²) in [5.74, 6) is 0. The summed E-state index contributed by atoms with van der Waals surface area (Å²) >= 11 is 3.55. The van der Waals surface area contributed by atoms with E-state index in [-0.39, 0.29) is 0 Å². The minimum atomic E-state index is 0.303. The van der Waals surface area contributed by atoms with Gasteiger partial charge < -0.3 is 5.73 Å². The Morgan fingerprint density at radius 3 is 3.07 bits per heavy atom. The molecule has 0 aromatic carbocycles. The zero-order valence-corrected chi connectivity index (χ0v) is 10.1. The van der Waals surface area contributed by atoms with Crippen molar-refractivity contribution in [1.82, 2.24) is 9.78 Å². The third-order valence-electron chi connectivity index (χ3n) is 2.06. The van der Waals surface area contributed by atoms with E-state index in [9.17, 15) is 0 Å². The van der Waals surface area contributed by atoms with E-state index in [1.54, 1.807) is 23.1 Å². The second-order valence-electron chi connectivity index (χ2n) is 3.22. The van der Waals surface area contributed by atoms with Crippen molar-refractivity contribution in [3.05, 3.63) is 35.5 Å². The number of hydrogen-bond acceptors (Lipinski definition) is 4. The molecule has 0 aliphatic carbocycles. The second-order valence-corrected chi connectivity index (χ2v) is 5.67. The highest BCUT2D eigenvalue weighted by Gasteiger charge is 2.13. The maximum atomic E-state index is 5.78. The second kappa shape index (κ2) is 4.83. The number of thioether (sulfide) groups is 1. The van der Waals surface area contributed by atoms with E-state index in [1.165, 1.54) is 9.77 Å².